The van der Waals surface area contributed by atoms with Gasteiger partial charge < -0.3 is 20.1 Å². The third kappa shape index (κ3) is 3.42. The predicted molar refractivity (Wildman–Crippen MR) is 120 cm³/mol. The highest BCUT2D eigenvalue weighted by Crippen LogP contribution is 2.36. The summed E-state index contributed by atoms with van der Waals surface area (Å²) in [5.74, 6) is 0.358. The first-order chi connectivity index (χ1) is 15.1. The van der Waals surface area contributed by atoms with Crippen molar-refractivity contribution in [3.63, 3.8) is 0 Å². The number of methoxy groups -OCH3 is 1. The molecule has 2 aromatic heterocycles. The summed E-state index contributed by atoms with van der Waals surface area (Å²) < 4.78 is 5.58. The van der Waals surface area contributed by atoms with Crippen LogP contribution in [0.1, 0.15) is 10.4 Å². The summed E-state index contributed by atoms with van der Waals surface area (Å²) in [4.78, 5) is 23.2. The number of rotatable bonds is 5. The van der Waals surface area contributed by atoms with Gasteiger partial charge in [-0.3, -0.25) is 0 Å². The largest absolute Gasteiger partial charge is 0.496 e. The fraction of sp³-hybridized carbons (Fsp3) is 0.0417. The number of carboxylic acids is 1. The summed E-state index contributed by atoms with van der Waals surface area (Å²) in [6, 6.07) is 18.6. The normalized spacial score (nSPS) is 11.0. The molecule has 7 heteroatoms. The van der Waals surface area contributed by atoms with E-state index in [9.17, 15) is 4.79 Å². The van der Waals surface area contributed by atoms with E-state index in [0.29, 0.717) is 11.6 Å². The Morgan fingerprint density at radius 2 is 1.87 bits per heavy atom. The van der Waals surface area contributed by atoms with Crippen molar-refractivity contribution in [3.8, 4) is 16.9 Å². The molecular weight excluding hydrogens is 392 g/mol. The summed E-state index contributed by atoms with van der Waals surface area (Å²) >= 11 is 0. The number of hydrogen-bond acceptors (Lipinski definition) is 5. The average molecular weight is 410 g/mol. The Labute approximate surface area is 177 Å². The van der Waals surface area contributed by atoms with Gasteiger partial charge in [0.1, 0.15) is 17.9 Å². The second kappa shape index (κ2) is 7.46. The van der Waals surface area contributed by atoms with E-state index < -0.39 is 5.97 Å². The molecule has 7 nitrogen and oxygen atoms in total. The van der Waals surface area contributed by atoms with Crippen LogP contribution in [0.15, 0.2) is 73.2 Å². The summed E-state index contributed by atoms with van der Waals surface area (Å²) in [6.45, 7) is 0. The second-order valence-corrected chi connectivity index (χ2v) is 7.08. The Hall–Kier alpha value is -4.39. The fourth-order valence-electron chi connectivity index (χ4n) is 3.64. The van der Waals surface area contributed by atoms with Crippen molar-refractivity contribution in [2.75, 3.05) is 12.4 Å². The fourth-order valence-corrected chi connectivity index (χ4v) is 3.64. The van der Waals surface area contributed by atoms with E-state index in [1.54, 1.807) is 31.4 Å². The predicted octanol–water partition coefficient (Wildman–Crippen LogP) is 5.23. The number of carbonyl (C=O) groups is 1. The number of fused-ring (bicyclic) bond motifs is 2. The third-order valence-electron chi connectivity index (χ3n) is 5.22. The van der Waals surface area contributed by atoms with Gasteiger partial charge in [-0.15, -0.1) is 0 Å². The summed E-state index contributed by atoms with van der Waals surface area (Å²) in [5.41, 5.74) is 4.61. The van der Waals surface area contributed by atoms with E-state index in [1.807, 2.05) is 36.5 Å². The van der Waals surface area contributed by atoms with Gasteiger partial charge >= 0.3 is 5.97 Å². The average Bonchev–Trinajstić information content (AvgIpc) is 3.26. The molecule has 0 unspecified atom stereocenters. The molecular formula is C24H18N4O3. The lowest BCUT2D eigenvalue weighted by atomic mass is 10.0. The van der Waals surface area contributed by atoms with Crippen LogP contribution in [0.2, 0.25) is 0 Å². The van der Waals surface area contributed by atoms with Gasteiger partial charge in [0, 0.05) is 39.8 Å². The Morgan fingerprint density at radius 1 is 1.03 bits per heavy atom. The maximum atomic E-state index is 11.2. The lowest BCUT2D eigenvalue weighted by Gasteiger charge is -2.13. The Kier molecular flexibility index (Phi) is 4.48. The number of benzene rings is 3. The van der Waals surface area contributed by atoms with Gasteiger partial charge in [0.2, 0.25) is 0 Å². The SMILES string of the molecule is COc1cc2ncnc(Nc3ccc4[nH]ccc4c3)c2cc1-c1ccc(C(=O)O)cc1. The van der Waals surface area contributed by atoms with E-state index in [0.717, 1.165) is 38.6 Å². The van der Waals surface area contributed by atoms with Crippen LogP contribution >= 0.6 is 0 Å². The molecule has 3 N–H and O–H groups in total. The minimum Gasteiger partial charge on any atom is -0.496 e. The van der Waals surface area contributed by atoms with Gasteiger partial charge in [0.15, 0.2) is 0 Å². The summed E-state index contributed by atoms with van der Waals surface area (Å²) in [7, 11) is 1.60. The number of H-pyrrole nitrogens is 1. The van der Waals surface area contributed by atoms with Gasteiger partial charge in [0.05, 0.1) is 18.2 Å². The van der Waals surface area contributed by atoms with Crippen molar-refractivity contribution < 1.29 is 14.6 Å². The molecule has 0 aliphatic carbocycles. The van der Waals surface area contributed by atoms with Crippen molar-refractivity contribution in [3.05, 3.63) is 78.8 Å². The molecule has 5 aromatic rings. The van der Waals surface area contributed by atoms with Crippen molar-refractivity contribution in [1.29, 1.82) is 0 Å². The van der Waals surface area contributed by atoms with Crippen LogP contribution in [-0.4, -0.2) is 33.1 Å². The van der Waals surface area contributed by atoms with Crippen molar-refractivity contribution >= 4 is 39.3 Å². The first-order valence-corrected chi connectivity index (χ1v) is 9.63. The maximum absolute atomic E-state index is 11.2. The summed E-state index contributed by atoms with van der Waals surface area (Å²) in [6.07, 6.45) is 3.42. The second-order valence-electron chi connectivity index (χ2n) is 7.08. The summed E-state index contributed by atoms with van der Waals surface area (Å²) in [5, 5.41) is 14.5. The maximum Gasteiger partial charge on any atom is 0.335 e. The van der Waals surface area contributed by atoms with E-state index >= 15 is 0 Å². The number of aromatic amines is 1. The lowest BCUT2D eigenvalue weighted by molar-refractivity contribution is 0.0697. The van der Waals surface area contributed by atoms with E-state index in [-0.39, 0.29) is 5.56 Å². The van der Waals surface area contributed by atoms with Gasteiger partial charge in [-0.05, 0) is 48.0 Å². The third-order valence-corrected chi connectivity index (χ3v) is 5.22. The first-order valence-electron chi connectivity index (χ1n) is 9.63. The highest BCUT2D eigenvalue weighted by molar-refractivity contribution is 5.97. The molecule has 5 rings (SSSR count). The quantitative estimate of drug-likeness (QED) is 0.367. The standard InChI is InChI=1S/C24H18N4O3/c1-31-22-12-21-19(11-18(22)14-2-4-15(5-3-14)24(29)30)23(27-13-26-21)28-17-6-7-20-16(10-17)8-9-25-20/h2-13,25H,1H3,(H,29,30)(H,26,27,28). The zero-order valence-electron chi connectivity index (χ0n) is 16.6. The molecule has 0 atom stereocenters. The highest BCUT2D eigenvalue weighted by atomic mass is 16.5. The molecule has 2 heterocycles. The lowest BCUT2D eigenvalue weighted by Crippen LogP contribution is -1.98. The van der Waals surface area contributed by atoms with Crippen LogP contribution < -0.4 is 10.1 Å². The Balaban J connectivity index is 1.61. The topological polar surface area (TPSA) is 100 Å². The van der Waals surface area contributed by atoms with E-state index in [4.69, 9.17) is 9.84 Å². The number of ether oxygens (including phenoxy) is 1. The van der Waals surface area contributed by atoms with Gasteiger partial charge in [-0.1, -0.05) is 12.1 Å². The number of aromatic carboxylic acids is 1. The highest BCUT2D eigenvalue weighted by Gasteiger charge is 2.13. The number of hydrogen-bond donors (Lipinski definition) is 3. The molecule has 0 saturated carbocycles. The number of aromatic nitrogens is 3. The van der Waals surface area contributed by atoms with Crippen molar-refractivity contribution in [2.45, 2.75) is 0 Å². The number of anilines is 2. The molecule has 0 aliphatic heterocycles. The van der Waals surface area contributed by atoms with E-state index in [2.05, 4.69) is 26.3 Å². The molecule has 31 heavy (non-hydrogen) atoms. The van der Waals surface area contributed by atoms with Crippen LogP contribution in [0.5, 0.6) is 5.75 Å². The molecule has 0 amide bonds. The zero-order valence-corrected chi connectivity index (χ0v) is 16.6. The van der Waals surface area contributed by atoms with Gasteiger partial charge in [-0.2, -0.15) is 0 Å². The van der Waals surface area contributed by atoms with Crippen LogP contribution in [0.3, 0.4) is 0 Å². The monoisotopic (exact) mass is 410 g/mol. The molecule has 152 valence electrons. The zero-order chi connectivity index (χ0) is 21.4. The molecule has 0 fully saturated rings. The van der Waals surface area contributed by atoms with Gasteiger partial charge in [-0.25, -0.2) is 14.8 Å². The molecule has 0 bridgehead atoms. The first kappa shape index (κ1) is 18.6. The number of carboxylic acid groups (broad SMARTS) is 1. The Morgan fingerprint density at radius 3 is 2.65 bits per heavy atom. The van der Waals surface area contributed by atoms with E-state index in [1.165, 1.54) is 6.33 Å². The number of nitrogens with one attached hydrogen (secondary N) is 2. The van der Waals surface area contributed by atoms with Crippen LogP contribution in [0, 0.1) is 0 Å². The smallest absolute Gasteiger partial charge is 0.335 e. The minimum absolute atomic E-state index is 0.231. The molecule has 0 aliphatic rings. The molecule has 0 saturated heterocycles. The number of nitrogens with zero attached hydrogens (tertiary/aromatic N) is 2. The van der Waals surface area contributed by atoms with Crippen LogP contribution in [0.25, 0.3) is 32.9 Å². The molecule has 0 spiro atoms. The van der Waals surface area contributed by atoms with Gasteiger partial charge in [0.25, 0.3) is 0 Å². The molecule has 0 radical (unpaired) electrons. The molecule has 3 aromatic carbocycles. The Bertz CT molecular complexity index is 1420. The van der Waals surface area contributed by atoms with Crippen molar-refractivity contribution in [2.24, 2.45) is 0 Å². The van der Waals surface area contributed by atoms with Crippen LogP contribution in [0.4, 0.5) is 11.5 Å². The van der Waals surface area contributed by atoms with Crippen LogP contribution in [-0.2, 0) is 0 Å². The minimum atomic E-state index is -0.962. The van der Waals surface area contributed by atoms with Crippen molar-refractivity contribution in [1.82, 2.24) is 15.0 Å².